The molecular weight excluding hydrogens is 644 g/mol. The van der Waals surface area contributed by atoms with Gasteiger partial charge in [0.15, 0.2) is 6.61 Å². The van der Waals surface area contributed by atoms with Gasteiger partial charge in [0.2, 0.25) is 10.0 Å². The summed E-state index contributed by atoms with van der Waals surface area (Å²) in [6.45, 7) is 1.04. The van der Waals surface area contributed by atoms with Gasteiger partial charge in [0.25, 0.3) is 0 Å². The molecule has 0 aromatic heterocycles. The molecule has 10 nitrogen and oxygen atoms in total. The fourth-order valence-corrected chi connectivity index (χ4v) is 6.73. The predicted molar refractivity (Wildman–Crippen MR) is 189 cm³/mol. The molecule has 1 fully saturated rings. The third-order valence-electron chi connectivity index (χ3n) is 8.53. The maximum absolute atomic E-state index is 12.1. The van der Waals surface area contributed by atoms with Crippen molar-refractivity contribution in [3.05, 3.63) is 120 Å². The van der Waals surface area contributed by atoms with Crippen molar-refractivity contribution < 1.29 is 37.6 Å². The molecule has 49 heavy (non-hydrogen) atoms. The highest BCUT2D eigenvalue weighted by Crippen LogP contribution is 2.36. The molecule has 0 heterocycles. The van der Waals surface area contributed by atoms with E-state index in [-0.39, 0.29) is 31.5 Å². The molecule has 1 aliphatic carbocycles. The van der Waals surface area contributed by atoms with Gasteiger partial charge in [-0.15, -0.1) is 0 Å². The summed E-state index contributed by atoms with van der Waals surface area (Å²) in [4.78, 5) is 13.1. The molecule has 4 aromatic carbocycles. The lowest BCUT2D eigenvalue weighted by molar-refractivity contribution is -0.139. The molecule has 5 rings (SSSR count). The third kappa shape index (κ3) is 11.5. The van der Waals surface area contributed by atoms with Crippen LogP contribution >= 0.6 is 0 Å². The minimum absolute atomic E-state index is 0.0272. The van der Waals surface area contributed by atoms with E-state index in [4.69, 9.17) is 19.3 Å². The van der Waals surface area contributed by atoms with Gasteiger partial charge in [-0.2, -0.15) is 0 Å². The van der Waals surface area contributed by atoms with Crippen LogP contribution in [0.1, 0.15) is 48.3 Å². The molecule has 0 amide bonds. The number of ether oxygens (including phenoxy) is 3. The summed E-state index contributed by atoms with van der Waals surface area (Å²) < 4.78 is 43.9. The van der Waals surface area contributed by atoms with E-state index < -0.39 is 22.1 Å². The van der Waals surface area contributed by atoms with Crippen molar-refractivity contribution in [2.75, 3.05) is 30.7 Å². The van der Waals surface area contributed by atoms with Crippen molar-refractivity contribution in [3.8, 4) is 17.2 Å². The number of benzene rings is 4. The number of nitrogens with one attached hydrogen (secondary N) is 1. The molecule has 0 aliphatic heterocycles. The first-order valence-corrected chi connectivity index (χ1v) is 18.3. The van der Waals surface area contributed by atoms with Crippen LogP contribution in [0.25, 0.3) is 0 Å². The minimum atomic E-state index is -3.58. The normalized spacial score (nSPS) is 16.9. The average Bonchev–Trinajstić information content (AvgIpc) is 3.10. The van der Waals surface area contributed by atoms with E-state index in [1.807, 2.05) is 72.8 Å². The standard InChI is InChI=1S/C38H44N2O8S/c1-49(44,45)39-36-22-35(20-21-37(36)48-25-29-10-6-3-7-11-29)46-26-33(41)24-40(23-28-8-4-2-5-9-28)32-16-12-30(13-17-32)31-14-18-34(19-15-31)47-27-38(42)43/h2-11,14-15,18-22,30,32-33,39,41H,12-13,16-17,23-27H2,1H3,(H,42,43)/t30?,32?,33-/m0/s1. The maximum atomic E-state index is 12.1. The van der Waals surface area contributed by atoms with Crippen LogP contribution in [0.15, 0.2) is 103 Å². The molecule has 0 radical (unpaired) electrons. The quantitative estimate of drug-likeness (QED) is 0.121. The Labute approximate surface area is 288 Å². The van der Waals surface area contributed by atoms with Crippen molar-refractivity contribution in [3.63, 3.8) is 0 Å². The SMILES string of the molecule is CS(=O)(=O)Nc1cc(OC[C@@H](O)CN(Cc2ccccc2)C2CCC(c3ccc(OCC(=O)O)cc3)CC2)ccc1OCc1ccccc1. The van der Waals surface area contributed by atoms with Crippen LogP contribution in [0.4, 0.5) is 5.69 Å². The van der Waals surface area contributed by atoms with Gasteiger partial charge in [0.1, 0.15) is 36.6 Å². The zero-order chi connectivity index (χ0) is 34.6. The summed E-state index contributed by atoms with van der Waals surface area (Å²) >= 11 is 0. The first kappa shape index (κ1) is 35.7. The smallest absolute Gasteiger partial charge is 0.341 e. The van der Waals surface area contributed by atoms with Crippen molar-refractivity contribution in [1.29, 1.82) is 0 Å². The van der Waals surface area contributed by atoms with Crippen LogP contribution in [0.5, 0.6) is 17.2 Å². The number of aliphatic carboxylic acids is 1. The lowest BCUT2D eigenvalue weighted by atomic mass is 9.81. The Bertz CT molecular complexity index is 1730. The van der Waals surface area contributed by atoms with Crippen LogP contribution in [0.3, 0.4) is 0 Å². The largest absolute Gasteiger partial charge is 0.491 e. The average molecular weight is 689 g/mol. The van der Waals surface area contributed by atoms with Crippen molar-refractivity contribution >= 4 is 21.7 Å². The number of carbonyl (C=O) groups is 1. The number of rotatable bonds is 17. The van der Waals surface area contributed by atoms with E-state index in [2.05, 4.69) is 21.8 Å². The fourth-order valence-electron chi connectivity index (χ4n) is 6.17. The zero-order valence-electron chi connectivity index (χ0n) is 27.6. The second-order valence-electron chi connectivity index (χ2n) is 12.4. The van der Waals surface area contributed by atoms with Crippen molar-refractivity contribution in [2.24, 2.45) is 0 Å². The molecule has 1 aliphatic rings. The highest BCUT2D eigenvalue weighted by Gasteiger charge is 2.28. The molecule has 0 spiro atoms. The Morgan fingerprint density at radius 1 is 0.837 bits per heavy atom. The van der Waals surface area contributed by atoms with E-state index >= 15 is 0 Å². The molecule has 11 heteroatoms. The van der Waals surface area contributed by atoms with E-state index in [0.717, 1.165) is 43.1 Å². The van der Waals surface area contributed by atoms with E-state index in [1.54, 1.807) is 18.2 Å². The molecule has 0 unspecified atom stereocenters. The van der Waals surface area contributed by atoms with Crippen molar-refractivity contribution in [2.45, 2.75) is 56.9 Å². The Morgan fingerprint density at radius 2 is 1.47 bits per heavy atom. The van der Waals surface area contributed by atoms with Crippen LogP contribution < -0.4 is 18.9 Å². The van der Waals surface area contributed by atoms with Gasteiger partial charge in [-0.3, -0.25) is 9.62 Å². The van der Waals surface area contributed by atoms with Crippen LogP contribution in [-0.2, 0) is 28.0 Å². The number of aliphatic hydroxyl groups is 1. The molecule has 0 saturated heterocycles. The summed E-state index contributed by atoms with van der Waals surface area (Å²) in [6, 6.07) is 32.7. The van der Waals surface area contributed by atoms with Gasteiger partial charge in [0, 0.05) is 25.2 Å². The monoisotopic (exact) mass is 688 g/mol. The first-order valence-electron chi connectivity index (χ1n) is 16.4. The van der Waals surface area contributed by atoms with Crippen molar-refractivity contribution in [1.82, 2.24) is 4.90 Å². The zero-order valence-corrected chi connectivity index (χ0v) is 28.4. The number of hydrogen-bond donors (Lipinski definition) is 3. The number of carboxylic acids is 1. The summed E-state index contributed by atoms with van der Waals surface area (Å²) in [7, 11) is -3.58. The second-order valence-corrected chi connectivity index (χ2v) is 14.2. The minimum Gasteiger partial charge on any atom is -0.491 e. The Morgan fingerprint density at radius 3 is 2.10 bits per heavy atom. The van der Waals surface area contributed by atoms with E-state index in [1.165, 1.54) is 5.56 Å². The molecule has 3 N–H and O–H groups in total. The van der Waals surface area contributed by atoms with Gasteiger partial charge in [-0.05, 0) is 72.6 Å². The number of aliphatic hydroxyl groups excluding tert-OH is 1. The fraction of sp³-hybridized carbons (Fsp3) is 0.342. The van der Waals surface area contributed by atoms with Crippen LogP contribution in [-0.4, -0.2) is 67.7 Å². The maximum Gasteiger partial charge on any atom is 0.341 e. The molecule has 4 aromatic rings. The summed E-state index contributed by atoms with van der Waals surface area (Å²) in [5.74, 6) is 0.710. The highest BCUT2D eigenvalue weighted by molar-refractivity contribution is 7.92. The number of carboxylic acid groups (broad SMARTS) is 1. The van der Waals surface area contributed by atoms with Gasteiger partial charge < -0.3 is 24.4 Å². The highest BCUT2D eigenvalue weighted by atomic mass is 32.2. The van der Waals surface area contributed by atoms with E-state index in [9.17, 15) is 18.3 Å². The Kier molecular flexibility index (Phi) is 12.5. The van der Waals surface area contributed by atoms with Crippen LogP contribution in [0.2, 0.25) is 0 Å². The molecule has 0 bridgehead atoms. The second kappa shape index (κ2) is 17.2. The molecule has 1 atom stereocenters. The number of sulfonamides is 1. The number of hydrogen-bond acceptors (Lipinski definition) is 8. The number of anilines is 1. The van der Waals surface area contributed by atoms with Gasteiger partial charge in [-0.25, -0.2) is 13.2 Å². The Hall–Kier alpha value is -4.58. The third-order valence-corrected chi connectivity index (χ3v) is 9.12. The molecular formula is C38H44N2O8S. The molecule has 260 valence electrons. The topological polar surface area (TPSA) is 135 Å². The van der Waals surface area contributed by atoms with Gasteiger partial charge in [-0.1, -0.05) is 72.8 Å². The summed E-state index contributed by atoms with van der Waals surface area (Å²) in [6.07, 6.45) is 4.20. The van der Waals surface area contributed by atoms with Gasteiger partial charge in [0.05, 0.1) is 11.9 Å². The van der Waals surface area contributed by atoms with Crippen LogP contribution in [0, 0.1) is 0 Å². The first-order chi connectivity index (χ1) is 23.6. The van der Waals surface area contributed by atoms with Gasteiger partial charge >= 0.3 is 5.97 Å². The van der Waals surface area contributed by atoms with E-state index in [0.29, 0.717) is 36.3 Å². The lowest BCUT2D eigenvalue weighted by Crippen LogP contribution is -2.43. The summed E-state index contributed by atoms with van der Waals surface area (Å²) in [5.41, 5.74) is 3.58. The predicted octanol–water partition coefficient (Wildman–Crippen LogP) is 6.07. The molecule has 1 saturated carbocycles. The number of nitrogens with zero attached hydrogens (tertiary/aromatic N) is 1. The summed E-state index contributed by atoms with van der Waals surface area (Å²) in [5, 5.41) is 20.0. The Balaban J connectivity index is 1.20. The lowest BCUT2D eigenvalue weighted by Gasteiger charge is -2.38.